The normalized spacial score (nSPS) is 17.4. The van der Waals surface area contributed by atoms with Crippen molar-refractivity contribution in [2.45, 2.75) is 209 Å². The van der Waals surface area contributed by atoms with Crippen molar-refractivity contribution in [2.24, 2.45) is 66.9 Å². The first-order valence-corrected chi connectivity index (χ1v) is 35.6. The summed E-state index contributed by atoms with van der Waals surface area (Å²) in [6.07, 6.45) is -0.354. The van der Waals surface area contributed by atoms with E-state index < -0.39 is 199 Å². The zero-order chi connectivity index (χ0) is 80.4. The number of nitrogens with zero attached hydrogens (tertiary/aromatic N) is 6. The third kappa shape index (κ3) is 31.4. The van der Waals surface area contributed by atoms with Crippen molar-refractivity contribution in [1.82, 2.24) is 72.9 Å². The van der Waals surface area contributed by atoms with Crippen LogP contribution in [0.5, 0.6) is 0 Å². The molecule has 0 spiro atoms. The summed E-state index contributed by atoms with van der Waals surface area (Å²) in [5.74, 6) is -16.9. The Labute approximate surface area is 622 Å². The number of hydrogen-bond acceptors (Lipinski definition) is 23. The van der Waals surface area contributed by atoms with Crippen LogP contribution in [0.25, 0.3) is 0 Å². The predicted molar refractivity (Wildman–Crippen MR) is 387 cm³/mol. The van der Waals surface area contributed by atoms with E-state index in [1.807, 2.05) is 0 Å². The van der Waals surface area contributed by atoms with Crippen LogP contribution < -0.4 is 93.3 Å². The van der Waals surface area contributed by atoms with E-state index >= 15 is 0 Å². The standard InChI is InChI=1S/C63H108N24O19S/c1-30(2)21-38(50(95)84-43(28-107)55(100)83-42(27-89)54(99)78-37(60(105)106)13-8-18-74-63(69)70)79-52(97)41(24-46(91)92)80-49(94)36(12-7-17-73-62(67)68)76-48(93)35(11-6-16-72-61(65)66)77-51(96)40(23-33-25-71-29-75-33)82-57(102)45-15-10-20-87(45)59(104)47(32(5)90)85-53(98)39(22-31(3)4)81-56(101)44-14-9-19-86(44)58(103)34(64)26-88/h25,29-32,34-45,47,88-90,107H,6-24,26-28,64H2,1-5H3,(H,71,75)(H,76,93)(H,77,96)(H,78,99)(H,79,97)(H,80,94)(H,81,101)(H,82,102)(H,83,100)(H,84,95)(H,85,98)(H,91,92)(H,105,106)(H4,65,66,72)(H4,67,68,73)(H4,69,70,74)/t32-,34+,35+,36+,37+,38+,39+,40+,41+,42+,43+,44+,45+,47+/m1/s1. The molecule has 14 atom stereocenters. The zero-order valence-corrected chi connectivity index (χ0v) is 61.5. The van der Waals surface area contributed by atoms with E-state index in [4.69, 9.17) is 40.1 Å². The van der Waals surface area contributed by atoms with Gasteiger partial charge in [-0.2, -0.15) is 12.6 Å². The minimum Gasteiger partial charge on any atom is -0.481 e. The summed E-state index contributed by atoms with van der Waals surface area (Å²) in [6.45, 7) is 6.23. The van der Waals surface area contributed by atoms with Gasteiger partial charge in [-0.3, -0.25) is 77.3 Å². The molecule has 0 aliphatic carbocycles. The summed E-state index contributed by atoms with van der Waals surface area (Å²) in [5.41, 5.74) is 38.9. The number of carbonyl (C=O) groups is 14. The average molecular weight is 1540 g/mol. The highest BCUT2D eigenvalue weighted by molar-refractivity contribution is 7.80. The first kappa shape index (κ1) is 91.0. The SMILES string of the molecule is CC(C)C[C@H](NC(=O)[C@H](CC(=O)O)NC(=O)[C@H](CCCN=C(N)N)NC(=O)[C@H](CCCN=C(N)N)NC(=O)[C@H](Cc1cnc[nH]1)NC(=O)[C@@H]1CCCN1C(=O)[C@@H](NC(=O)[C@H](CC(C)C)NC(=O)[C@@H]1CCCN1C(=O)[C@@H](N)CO)[C@@H](C)O)C(=O)N[C@@H](CS)C(=O)N[C@@H](CO)C(=O)N[C@@H](CCCN=C(N)N)C(=O)O. The van der Waals surface area contributed by atoms with Crippen LogP contribution in [0, 0.1) is 11.8 Å². The first-order valence-electron chi connectivity index (χ1n) is 34.9. The Morgan fingerprint density at radius 1 is 0.523 bits per heavy atom. The van der Waals surface area contributed by atoms with Gasteiger partial charge in [-0.1, -0.05) is 27.7 Å². The van der Waals surface area contributed by atoms with Gasteiger partial charge in [-0.05, 0) is 95.8 Å². The fraction of sp³-hybridized carbons (Fsp3) is 0.683. The van der Waals surface area contributed by atoms with E-state index in [0.717, 1.165) is 4.90 Å². The van der Waals surface area contributed by atoms with Crippen LogP contribution in [0.4, 0.5) is 0 Å². The van der Waals surface area contributed by atoms with E-state index in [9.17, 15) is 92.7 Å². The van der Waals surface area contributed by atoms with Gasteiger partial charge < -0.3 is 134 Å². The van der Waals surface area contributed by atoms with Gasteiger partial charge in [0.2, 0.25) is 70.9 Å². The third-order valence-corrected chi connectivity index (χ3v) is 17.3. The molecule has 0 radical (unpaired) electrons. The number of aliphatic hydroxyl groups excluding tert-OH is 3. The number of aliphatic hydroxyl groups is 3. The quantitative estimate of drug-likeness (QED) is 0.0125. The smallest absolute Gasteiger partial charge is 0.326 e. The van der Waals surface area contributed by atoms with Gasteiger partial charge in [0.25, 0.3) is 0 Å². The number of carbonyl (C=O) groups excluding carboxylic acids is 12. The molecule has 12 amide bonds. The molecule has 1 aromatic rings. The Kier molecular flexibility index (Phi) is 39.1. The molecule has 600 valence electrons. The minimum absolute atomic E-state index is 0.0198. The molecular formula is C63H108N24O19S. The lowest BCUT2D eigenvalue weighted by Gasteiger charge is -2.32. The number of aromatic amines is 1. The molecule has 0 bridgehead atoms. The van der Waals surface area contributed by atoms with Crippen LogP contribution in [-0.2, 0) is 73.5 Å². The van der Waals surface area contributed by atoms with Gasteiger partial charge in [0.1, 0.15) is 78.5 Å². The number of carboxylic acids is 2. The van der Waals surface area contributed by atoms with Crippen LogP contribution in [0.3, 0.4) is 0 Å². The van der Waals surface area contributed by atoms with Gasteiger partial charge in [-0.25, -0.2) is 9.78 Å². The maximum Gasteiger partial charge on any atom is 0.326 e. The van der Waals surface area contributed by atoms with Gasteiger partial charge in [0.15, 0.2) is 17.9 Å². The Hall–Kier alpha value is -10.2. The summed E-state index contributed by atoms with van der Waals surface area (Å²) in [6, 6.07) is -20.0. The number of likely N-dealkylation sites (tertiary alicyclic amines) is 2. The molecule has 2 saturated heterocycles. The summed E-state index contributed by atoms with van der Waals surface area (Å²) in [7, 11) is 0. The fourth-order valence-corrected chi connectivity index (χ4v) is 11.7. The summed E-state index contributed by atoms with van der Waals surface area (Å²) >= 11 is 4.15. The Balaban J connectivity index is 1.94. The number of guanidine groups is 3. The lowest BCUT2D eigenvalue weighted by atomic mass is 10.0. The van der Waals surface area contributed by atoms with Crippen LogP contribution in [0.15, 0.2) is 27.5 Å². The number of aromatic nitrogens is 2. The van der Waals surface area contributed by atoms with E-state index in [-0.39, 0.29) is 139 Å². The highest BCUT2D eigenvalue weighted by atomic mass is 32.1. The van der Waals surface area contributed by atoms with Crippen LogP contribution in [0.2, 0.25) is 0 Å². The minimum atomic E-state index is -2.01. The average Bonchev–Trinajstić information content (AvgIpc) is 1.74. The molecule has 3 rings (SSSR count). The Bertz CT molecular complexity index is 3280. The molecular weight excluding hydrogens is 1430 g/mol. The van der Waals surface area contributed by atoms with Gasteiger partial charge in [0, 0.05) is 56.8 Å². The maximum absolute atomic E-state index is 14.8. The number of carboxylic acid groups (broad SMARTS) is 2. The third-order valence-electron chi connectivity index (χ3n) is 16.9. The van der Waals surface area contributed by atoms with E-state index in [0.29, 0.717) is 6.42 Å². The van der Waals surface area contributed by atoms with Crippen molar-refractivity contribution in [2.75, 3.05) is 51.7 Å². The highest BCUT2D eigenvalue weighted by Crippen LogP contribution is 2.23. The van der Waals surface area contributed by atoms with E-state index in [1.54, 1.807) is 27.7 Å². The second-order valence-corrected chi connectivity index (χ2v) is 27.0. The van der Waals surface area contributed by atoms with Crippen molar-refractivity contribution in [1.29, 1.82) is 0 Å². The van der Waals surface area contributed by atoms with E-state index in [2.05, 4.69) is 90.7 Å². The second kappa shape index (κ2) is 46.0. The van der Waals surface area contributed by atoms with Crippen molar-refractivity contribution in [3.63, 3.8) is 0 Å². The molecule has 0 unspecified atom stereocenters. The monoisotopic (exact) mass is 1540 g/mol. The molecule has 2 aliphatic heterocycles. The fourth-order valence-electron chi connectivity index (χ4n) is 11.5. The predicted octanol–water partition coefficient (Wildman–Crippen LogP) is -9.78. The second-order valence-electron chi connectivity index (χ2n) is 26.6. The van der Waals surface area contributed by atoms with Crippen molar-refractivity contribution in [3.8, 4) is 0 Å². The molecule has 43 nitrogen and oxygen atoms in total. The Morgan fingerprint density at radius 2 is 0.907 bits per heavy atom. The van der Waals surface area contributed by atoms with Crippen molar-refractivity contribution < 1.29 is 92.7 Å². The number of aliphatic imine (C=N–C) groups is 3. The van der Waals surface area contributed by atoms with Crippen molar-refractivity contribution in [3.05, 3.63) is 18.2 Å². The van der Waals surface area contributed by atoms with Crippen LogP contribution >= 0.6 is 12.6 Å². The van der Waals surface area contributed by atoms with E-state index in [1.165, 1.54) is 24.3 Å². The maximum atomic E-state index is 14.8. The molecule has 44 heteroatoms. The number of hydrogen-bond donors (Lipinski definition) is 24. The number of thiol groups is 1. The number of nitrogens with two attached hydrogens (primary N) is 7. The summed E-state index contributed by atoms with van der Waals surface area (Å²) in [5, 5.41) is 74.9. The molecule has 107 heavy (non-hydrogen) atoms. The number of amides is 12. The molecule has 1 aromatic heterocycles. The van der Waals surface area contributed by atoms with Crippen LogP contribution in [-0.4, -0.2) is 282 Å². The molecule has 30 N–H and O–H groups in total. The highest BCUT2D eigenvalue weighted by Gasteiger charge is 2.44. The van der Waals surface area contributed by atoms with Gasteiger partial charge >= 0.3 is 11.9 Å². The molecule has 3 heterocycles. The topological polar surface area (TPSA) is 715 Å². The number of H-pyrrole nitrogens is 1. The summed E-state index contributed by atoms with van der Waals surface area (Å²) < 4.78 is 0. The lowest BCUT2D eigenvalue weighted by molar-refractivity contribution is -0.145. The van der Waals surface area contributed by atoms with Gasteiger partial charge in [-0.15, -0.1) is 0 Å². The number of imidazole rings is 1. The zero-order valence-electron chi connectivity index (χ0n) is 60.6. The number of nitrogens with one attached hydrogen (secondary N) is 11. The first-order chi connectivity index (χ1) is 50.4. The Morgan fingerprint density at radius 3 is 1.34 bits per heavy atom. The molecule has 2 aliphatic rings. The number of aliphatic carboxylic acids is 2. The molecule has 0 saturated carbocycles. The largest absolute Gasteiger partial charge is 0.481 e. The van der Waals surface area contributed by atoms with Gasteiger partial charge in [0.05, 0.1) is 32.1 Å². The molecule has 2 fully saturated rings. The molecule has 0 aromatic carbocycles. The number of rotatable bonds is 47. The summed E-state index contributed by atoms with van der Waals surface area (Å²) in [4.78, 5) is 214. The van der Waals surface area contributed by atoms with Crippen LogP contribution in [0.1, 0.15) is 124 Å². The lowest BCUT2D eigenvalue weighted by Crippen LogP contribution is -2.62. The van der Waals surface area contributed by atoms with Crippen molar-refractivity contribution >= 4 is 113 Å².